The zero-order valence-electron chi connectivity index (χ0n) is 17.2. The number of thioether (sulfide) groups is 1. The minimum Gasteiger partial charge on any atom is -0.496 e. The lowest BCUT2D eigenvalue weighted by atomic mass is 9.92. The van der Waals surface area contributed by atoms with Gasteiger partial charge in [0.15, 0.2) is 16.8 Å². The van der Waals surface area contributed by atoms with Crippen LogP contribution >= 0.6 is 11.8 Å². The number of Topliss-reactive ketones (excluding diaryl/α,β-unsaturated/α-hetero) is 1. The number of aryl methyl sites for hydroxylation is 2. The fraction of sp³-hybridized carbons (Fsp3) is 0.318. The molecule has 146 valence electrons. The molecule has 0 unspecified atom stereocenters. The average Bonchev–Trinajstić information content (AvgIpc) is 3.05. The van der Waals surface area contributed by atoms with Crippen molar-refractivity contribution in [3.05, 3.63) is 58.1 Å². The predicted molar refractivity (Wildman–Crippen MR) is 113 cm³/mol. The Kier molecular flexibility index (Phi) is 5.89. The molecular formula is C22H25N3O2S. The van der Waals surface area contributed by atoms with E-state index in [-0.39, 0.29) is 5.78 Å². The van der Waals surface area contributed by atoms with Crippen LogP contribution in [0.2, 0.25) is 0 Å². The van der Waals surface area contributed by atoms with Crippen LogP contribution in [0.3, 0.4) is 0 Å². The van der Waals surface area contributed by atoms with Gasteiger partial charge in [0.1, 0.15) is 5.75 Å². The number of hydrogen-bond acceptors (Lipinski definition) is 5. The van der Waals surface area contributed by atoms with Crippen molar-refractivity contribution in [1.82, 2.24) is 14.8 Å². The molecule has 0 saturated heterocycles. The molecule has 5 nitrogen and oxygen atoms in total. The van der Waals surface area contributed by atoms with E-state index < -0.39 is 0 Å². The van der Waals surface area contributed by atoms with Gasteiger partial charge in [0.2, 0.25) is 0 Å². The van der Waals surface area contributed by atoms with E-state index in [0.29, 0.717) is 16.7 Å². The van der Waals surface area contributed by atoms with Crippen molar-refractivity contribution in [2.45, 2.75) is 32.9 Å². The highest BCUT2D eigenvalue weighted by atomic mass is 32.2. The molecule has 0 radical (unpaired) electrons. The molecule has 1 heterocycles. The first-order chi connectivity index (χ1) is 13.3. The molecule has 0 bridgehead atoms. The number of benzene rings is 2. The molecule has 0 aliphatic carbocycles. The SMILES string of the molecule is COc1ccccc1-c1nnc(SCC(=O)c2c(C)c(C)cc(C)c2C)n1C. The third-order valence-corrected chi connectivity index (χ3v) is 6.18. The Balaban J connectivity index is 1.84. The normalized spacial score (nSPS) is 10.9. The van der Waals surface area contributed by atoms with Crippen LogP contribution < -0.4 is 4.74 Å². The number of rotatable bonds is 6. The second-order valence-corrected chi connectivity index (χ2v) is 7.86. The second kappa shape index (κ2) is 8.19. The highest BCUT2D eigenvalue weighted by Crippen LogP contribution is 2.30. The highest BCUT2D eigenvalue weighted by Gasteiger charge is 2.19. The van der Waals surface area contributed by atoms with Gasteiger partial charge >= 0.3 is 0 Å². The van der Waals surface area contributed by atoms with E-state index in [1.165, 1.54) is 11.8 Å². The van der Waals surface area contributed by atoms with Crippen molar-refractivity contribution in [3.63, 3.8) is 0 Å². The summed E-state index contributed by atoms with van der Waals surface area (Å²) in [6, 6.07) is 9.84. The molecule has 6 heteroatoms. The molecule has 0 N–H and O–H groups in total. The summed E-state index contributed by atoms with van der Waals surface area (Å²) in [5.41, 5.74) is 6.11. The maximum atomic E-state index is 13.0. The first-order valence-corrected chi connectivity index (χ1v) is 10.1. The number of methoxy groups -OCH3 is 1. The molecule has 0 fully saturated rings. The second-order valence-electron chi connectivity index (χ2n) is 6.91. The van der Waals surface area contributed by atoms with E-state index >= 15 is 0 Å². The predicted octanol–water partition coefficient (Wildman–Crippen LogP) is 4.70. The molecular weight excluding hydrogens is 370 g/mol. The van der Waals surface area contributed by atoms with Crippen LogP contribution in [0.15, 0.2) is 35.5 Å². The minimum absolute atomic E-state index is 0.119. The summed E-state index contributed by atoms with van der Waals surface area (Å²) in [4.78, 5) is 13.0. The maximum Gasteiger partial charge on any atom is 0.191 e. The Morgan fingerprint density at radius 2 is 1.71 bits per heavy atom. The fourth-order valence-corrected chi connectivity index (χ4v) is 4.13. The summed E-state index contributed by atoms with van der Waals surface area (Å²) >= 11 is 1.41. The van der Waals surface area contributed by atoms with Gasteiger partial charge in [-0.2, -0.15) is 0 Å². The third-order valence-electron chi connectivity index (χ3n) is 5.16. The van der Waals surface area contributed by atoms with Gasteiger partial charge in [-0.25, -0.2) is 0 Å². The molecule has 0 spiro atoms. The number of ketones is 1. The monoisotopic (exact) mass is 395 g/mol. The number of carbonyl (C=O) groups excluding carboxylic acids is 1. The Bertz CT molecular complexity index is 1010. The highest BCUT2D eigenvalue weighted by molar-refractivity contribution is 7.99. The zero-order valence-corrected chi connectivity index (χ0v) is 18.0. The van der Waals surface area contributed by atoms with E-state index in [9.17, 15) is 4.79 Å². The first kappa shape index (κ1) is 20.1. The first-order valence-electron chi connectivity index (χ1n) is 9.11. The average molecular weight is 396 g/mol. The third kappa shape index (κ3) is 3.69. The number of ether oxygens (including phenoxy) is 1. The van der Waals surface area contributed by atoms with E-state index in [1.807, 2.05) is 63.6 Å². The van der Waals surface area contributed by atoms with Gasteiger partial charge in [0, 0.05) is 12.6 Å². The van der Waals surface area contributed by atoms with E-state index in [4.69, 9.17) is 4.74 Å². The summed E-state index contributed by atoms with van der Waals surface area (Å²) in [5, 5.41) is 9.29. The van der Waals surface area contributed by atoms with Crippen LogP contribution in [-0.4, -0.2) is 33.4 Å². The molecule has 0 aliphatic rings. The number of nitrogens with zero attached hydrogens (tertiary/aromatic N) is 3. The standard InChI is InChI=1S/C22H25N3O2S/c1-13-11-14(2)16(4)20(15(13)3)18(26)12-28-22-24-23-21(25(22)5)17-9-7-8-10-19(17)27-6/h7-11H,12H2,1-6H3. The quantitative estimate of drug-likeness (QED) is 0.447. The van der Waals surface area contributed by atoms with Crippen molar-refractivity contribution in [2.24, 2.45) is 7.05 Å². The Hall–Kier alpha value is -2.60. The van der Waals surface area contributed by atoms with E-state index in [0.717, 1.165) is 39.1 Å². The molecule has 3 rings (SSSR count). The summed E-state index contributed by atoms with van der Waals surface area (Å²) in [7, 11) is 3.54. The van der Waals surface area contributed by atoms with Gasteiger partial charge in [-0.05, 0) is 62.1 Å². The van der Waals surface area contributed by atoms with Crippen molar-refractivity contribution >= 4 is 17.5 Å². The molecule has 0 aliphatic heterocycles. The molecule has 0 amide bonds. The van der Waals surface area contributed by atoms with Crippen molar-refractivity contribution < 1.29 is 9.53 Å². The van der Waals surface area contributed by atoms with Crippen LogP contribution in [-0.2, 0) is 7.05 Å². The van der Waals surface area contributed by atoms with Gasteiger partial charge in [-0.15, -0.1) is 10.2 Å². The van der Waals surface area contributed by atoms with Crippen LogP contribution in [0.5, 0.6) is 5.75 Å². The number of aromatic nitrogens is 3. The Morgan fingerprint density at radius 3 is 2.36 bits per heavy atom. The lowest BCUT2D eigenvalue weighted by Gasteiger charge is -2.14. The van der Waals surface area contributed by atoms with Crippen molar-refractivity contribution in [3.8, 4) is 17.1 Å². The largest absolute Gasteiger partial charge is 0.496 e. The smallest absolute Gasteiger partial charge is 0.191 e. The van der Waals surface area contributed by atoms with Crippen LogP contribution in [0.4, 0.5) is 0 Å². The lowest BCUT2D eigenvalue weighted by Crippen LogP contribution is -2.10. The van der Waals surface area contributed by atoms with Gasteiger partial charge in [0.25, 0.3) is 0 Å². The van der Waals surface area contributed by atoms with Crippen LogP contribution in [0, 0.1) is 27.7 Å². The zero-order chi connectivity index (χ0) is 20.4. The fourth-order valence-electron chi connectivity index (χ4n) is 3.34. The molecule has 3 aromatic rings. The molecule has 0 saturated carbocycles. The molecule has 0 atom stereocenters. The van der Waals surface area contributed by atoms with Gasteiger partial charge in [0.05, 0.1) is 18.4 Å². The van der Waals surface area contributed by atoms with Crippen molar-refractivity contribution in [1.29, 1.82) is 0 Å². The Morgan fingerprint density at radius 1 is 1.07 bits per heavy atom. The topological polar surface area (TPSA) is 57.0 Å². The molecule has 2 aromatic carbocycles. The van der Waals surface area contributed by atoms with E-state index in [1.54, 1.807) is 7.11 Å². The Labute approximate surface area is 170 Å². The summed E-state index contributed by atoms with van der Waals surface area (Å²) < 4.78 is 7.33. The van der Waals surface area contributed by atoms with Gasteiger partial charge in [-0.3, -0.25) is 4.79 Å². The summed E-state index contributed by atoms with van der Waals surface area (Å²) in [6.07, 6.45) is 0. The molecule has 1 aromatic heterocycles. The minimum atomic E-state index is 0.119. The van der Waals surface area contributed by atoms with Crippen LogP contribution in [0.1, 0.15) is 32.6 Å². The number of carbonyl (C=O) groups is 1. The van der Waals surface area contributed by atoms with Gasteiger partial charge < -0.3 is 9.30 Å². The molecule has 28 heavy (non-hydrogen) atoms. The maximum absolute atomic E-state index is 13.0. The summed E-state index contributed by atoms with van der Waals surface area (Å²) in [5.74, 6) is 1.90. The van der Waals surface area contributed by atoms with Gasteiger partial charge in [-0.1, -0.05) is 30.0 Å². The lowest BCUT2D eigenvalue weighted by molar-refractivity contribution is 0.102. The summed E-state index contributed by atoms with van der Waals surface area (Å²) in [6.45, 7) is 8.13. The van der Waals surface area contributed by atoms with E-state index in [2.05, 4.69) is 16.3 Å². The van der Waals surface area contributed by atoms with Crippen molar-refractivity contribution in [2.75, 3.05) is 12.9 Å². The number of hydrogen-bond donors (Lipinski definition) is 0. The van der Waals surface area contributed by atoms with Crippen LogP contribution in [0.25, 0.3) is 11.4 Å². The number of para-hydroxylation sites is 1.